The van der Waals surface area contributed by atoms with Gasteiger partial charge in [-0.25, -0.2) is 0 Å². The summed E-state index contributed by atoms with van der Waals surface area (Å²) in [7, 11) is 0. The molecule has 1 rings (SSSR count). The van der Waals surface area contributed by atoms with Crippen molar-refractivity contribution in [2.24, 2.45) is 5.92 Å². The molecule has 3 heteroatoms. The Hall–Kier alpha value is -0.820. The maximum Gasteiger partial charge on any atom is 0.0540 e. The lowest BCUT2D eigenvalue weighted by molar-refractivity contribution is 0.191. The average Bonchev–Trinajstić information content (AvgIpc) is 2.75. The highest BCUT2D eigenvalue weighted by Gasteiger charge is 2.14. The van der Waals surface area contributed by atoms with Crippen molar-refractivity contribution in [3.8, 4) is 11.8 Å². The van der Waals surface area contributed by atoms with Crippen LogP contribution in [0.1, 0.15) is 44.6 Å². The van der Waals surface area contributed by atoms with Gasteiger partial charge in [0, 0.05) is 36.0 Å². The molecule has 0 amide bonds. The third kappa shape index (κ3) is 5.78. The smallest absolute Gasteiger partial charge is 0.0540 e. The standard InChI is InChI=1S/C16H25NOS/c1-13(2)11-17(14(3)4)12-16-15(8-10-19-16)7-5-6-9-18/h8,10,13-14,18H,6,9,11-12H2,1-4H3. The van der Waals surface area contributed by atoms with Gasteiger partial charge in [0.15, 0.2) is 0 Å². The minimum atomic E-state index is 0.137. The Morgan fingerprint density at radius 2 is 2.05 bits per heavy atom. The van der Waals surface area contributed by atoms with Gasteiger partial charge in [0.2, 0.25) is 0 Å². The average molecular weight is 279 g/mol. The molecule has 1 aromatic heterocycles. The van der Waals surface area contributed by atoms with E-state index in [2.05, 4.69) is 55.9 Å². The second kappa shape index (κ2) is 8.37. The number of thiophene rings is 1. The molecule has 1 N–H and O–H groups in total. The Kier molecular flexibility index (Phi) is 7.15. The molecule has 0 fully saturated rings. The molecule has 0 atom stereocenters. The molecular formula is C16H25NOS. The van der Waals surface area contributed by atoms with Gasteiger partial charge in [-0.05, 0) is 31.2 Å². The van der Waals surface area contributed by atoms with E-state index < -0.39 is 0 Å². The van der Waals surface area contributed by atoms with Crippen LogP contribution in [0.4, 0.5) is 0 Å². The van der Waals surface area contributed by atoms with Crippen LogP contribution in [0.15, 0.2) is 11.4 Å². The summed E-state index contributed by atoms with van der Waals surface area (Å²) < 4.78 is 0. The fraction of sp³-hybridized carbons (Fsp3) is 0.625. The zero-order valence-electron chi connectivity index (χ0n) is 12.4. The normalized spacial score (nSPS) is 11.2. The second-order valence-corrected chi connectivity index (χ2v) is 6.45. The lowest BCUT2D eigenvalue weighted by Gasteiger charge is -2.27. The van der Waals surface area contributed by atoms with Gasteiger partial charge in [-0.1, -0.05) is 25.7 Å². The molecule has 1 heterocycles. The lowest BCUT2D eigenvalue weighted by atomic mass is 10.1. The van der Waals surface area contributed by atoms with Crippen molar-refractivity contribution < 1.29 is 5.11 Å². The van der Waals surface area contributed by atoms with Crippen LogP contribution in [-0.2, 0) is 6.54 Å². The predicted octanol–water partition coefficient (Wildman–Crippen LogP) is 3.35. The summed E-state index contributed by atoms with van der Waals surface area (Å²) in [5, 5.41) is 10.9. The molecular weight excluding hydrogens is 254 g/mol. The molecule has 0 radical (unpaired) electrons. The first-order valence-corrected chi connectivity index (χ1v) is 7.82. The molecule has 19 heavy (non-hydrogen) atoms. The van der Waals surface area contributed by atoms with Gasteiger partial charge in [-0.15, -0.1) is 11.3 Å². The Labute approximate surface area is 121 Å². The van der Waals surface area contributed by atoms with Gasteiger partial charge < -0.3 is 5.11 Å². The molecule has 0 aliphatic rings. The van der Waals surface area contributed by atoms with E-state index in [-0.39, 0.29) is 6.61 Å². The summed E-state index contributed by atoms with van der Waals surface area (Å²) in [6, 6.07) is 2.63. The van der Waals surface area contributed by atoms with E-state index in [0.29, 0.717) is 18.4 Å². The maximum absolute atomic E-state index is 8.77. The maximum atomic E-state index is 8.77. The van der Waals surface area contributed by atoms with E-state index in [1.807, 2.05) is 0 Å². The summed E-state index contributed by atoms with van der Waals surface area (Å²) in [5.74, 6) is 6.85. The second-order valence-electron chi connectivity index (χ2n) is 5.45. The van der Waals surface area contributed by atoms with Crippen LogP contribution in [0.2, 0.25) is 0 Å². The summed E-state index contributed by atoms with van der Waals surface area (Å²) in [4.78, 5) is 3.83. The number of nitrogens with zero attached hydrogens (tertiary/aromatic N) is 1. The first-order valence-electron chi connectivity index (χ1n) is 6.94. The van der Waals surface area contributed by atoms with Crippen LogP contribution in [0.3, 0.4) is 0 Å². The van der Waals surface area contributed by atoms with E-state index in [1.165, 1.54) is 4.88 Å². The molecule has 0 bridgehead atoms. The van der Waals surface area contributed by atoms with Crippen molar-refractivity contribution in [1.82, 2.24) is 4.90 Å². The van der Waals surface area contributed by atoms with Gasteiger partial charge in [0.1, 0.15) is 0 Å². The van der Waals surface area contributed by atoms with E-state index in [0.717, 1.165) is 18.7 Å². The molecule has 0 aliphatic carbocycles. The van der Waals surface area contributed by atoms with Crippen LogP contribution >= 0.6 is 11.3 Å². The minimum Gasteiger partial charge on any atom is -0.395 e. The molecule has 1 aromatic rings. The number of rotatable bonds is 6. The number of hydrogen-bond acceptors (Lipinski definition) is 3. The van der Waals surface area contributed by atoms with Crippen LogP contribution in [0.5, 0.6) is 0 Å². The van der Waals surface area contributed by atoms with E-state index in [4.69, 9.17) is 5.11 Å². The van der Waals surface area contributed by atoms with Crippen molar-refractivity contribution in [3.05, 3.63) is 21.9 Å². The number of hydrogen-bond donors (Lipinski definition) is 1. The Bertz CT molecular complexity index is 425. The summed E-state index contributed by atoms with van der Waals surface area (Å²) in [5.41, 5.74) is 1.12. The van der Waals surface area contributed by atoms with Gasteiger partial charge in [-0.3, -0.25) is 4.90 Å². The molecule has 106 valence electrons. The highest BCUT2D eigenvalue weighted by atomic mass is 32.1. The van der Waals surface area contributed by atoms with Crippen molar-refractivity contribution in [2.45, 2.75) is 46.7 Å². The SMILES string of the molecule is CC(C)CN(Cc1sccc1C#CCCO)C(C)C. The number of aliphatic hydroxyl groups is 1. The van der Waals surface area contributed by atoms with E-state index >= 15 is 0 Å². The number of aliphatic hydroxyl groups excluding tert-OH is 1. The third-order valence-corrected chi connectivity index (χ3v) is 3.79. The van der Waals surface area contributed by atoms with Gasteiger partial charge in [0.25, 0.3) is 0 Å². The summed E-state index contributed by atoms with van der Waals surface area (Å²) in [6.07, 6.45) is 0.551. The Morgan fingerprint density at radius 3 is 2.63 bits per heavy atom. The van der Waals surface area contributed by atoms with Crippen LogP contribution in [0.25, 0.3) is 0 Å². The van der Waals surface area contributed by atoms with Crippen molar-refractivity contribution >= 4 is 11.3 Å². The molecule has 0 aliphatic heterocycles. The monoisotopic (exact) mass is 279 g/mol. The van der Waals surface area contributed by atoms with Crippen molar-refractivity contribution in [1.29, 1.82) is 0 Å². The van der Waals surface area contributed by atoms with E-state index in [9.17, 15) is 0 Å². The topological polar surface area (TPSA) is 23.5 Å². The molecule has 0 spiro atoms. The highest BCUT2D eigenvalue weighted by Crippen LogP contribution is 2.20. The van der Waals surface area contributed by atoms with Crippen LogP contribution in [-0.4, -0.2) is 29.2 Å². The third-order valence-electron chi connectivity index (χ3n) is 2.88. The highest BCUT2D eigenvalue weighted by molar-refractivity contribution is 7.10. The fourth-order valence-corrected chi connectivity index (χ4v) is 2.75. The van der Waals surface area contributed by atoms with E-state index in [1.54, 1.807) is 11.3 Å². The zero-order valence-corrected chi connectivity index (χ0v) is 13.3. The molecule has 0 aromatic carbocycles. The quantitative estimate of drug-likeness (QED) is 0.807. The van der Waals surface area contributed by atoms with Crippen LogP contribution in [0, 0.1) is 17.8 Å². The molecule has 0 saturated heterocycles. The first kappa shape index (κ1) is 16.2. The molecule has 2 nitrogen and oxygen atoms in total. The van der Waals surface area contributed by atoms with Crippen LogP contribution < -0.4 is 0 Å². The van der Waals surface area contributed by atoms with Gasteiger partial charge in [0.05, 0.1) is 6.61 Å². The summed E-state index contributed by atoms with van der Waals surface area (Å²) in [6.45, 7) is 11.2. The Morgan fingerprint density at radius 1 is 1.32 bits per heavy atom. The minimum absolute atomic E-state index is 0.137. The molecule has 0 unspecified atom stereocenters. The lowest BCUT2D eigenvalue weighted by Crippen LogP contribution is -2.33. The first-order chi connectivity index (χ1) is 9.04. The van der Waals surface area contributed by atoms with Crippen molar-refractivity contribution in [3.63, 3.8) is 0 Å². The molecule has 0 saturated carbocycles. The predicted molar refractivity (Wildman–Crippen MR) is 83.3 cm³/mol. The van der Waals surface area contributed by atoms with Gasteiger partial charge in [-0.2, -0.15) is 0 Å². The summed E-state index contributed by atoms with van der Waals surface area (Å²) >= 11 is 1.77. The zero-order chi connectivity index (χ0) is 14.3. The Balaban J connectivity index is 2.75. The van der Waals surface area contributed by atoms with Crippen molar-refractivity contribution in [2.75, 3.05) is 13.2 Å². The van der Waals surface area contributed by atoms with Gasteiger partial charge >= 0.3 is 0 Å². The fourth-order valence-electron chi connectivity index (χ4n) is 1.90. The largest absolute Gasteiger partial charge is 0.395 e.